The molecule has 0 saturated heterocycles. The van der Waals surface area contributed by atoms with Crippen LogP contribution in [0.15, 0.2) is 36.4 Å². The summed E-state index contributed by atoms with van der Waals surface area (Å²) in [6.07, 6.45) is 0. The Bertz CT molecular complexity index is 463. The van der Waals surface area contributed by atoms with E-state index in [0.717, 1.165) is 0 Å². The Labute approximate surface area is 106 Å². The number of rotatable bonds is 6. The average molecular weight is 248 g/mol. The van der Waals surface area contributed by atoms with E-state index in [2.05, 4.69) is 6.58 Å². The molecule has 0 amide bonds. The third-order valence-corrected chi connectivity index (χ3v) is 2.22. The molecule has 0 aliphatic rings. The van der Waals surface area contributed by atoms with Crippen LogP contribution in [-0.4, -0.2) is 25.0 Å². The minimum Gasteiger partial charge on any atom is -0.489 e. The highest BCUT2D eigenvalue weighted by Gasteiger charge is 2.09. The Hall–Kier alpha value is -2.10. The van der Waals surface area contributed by atoms with Crippen LogP contribution in [0.1, 0.15) is 24.2 Å². The first-order chi connectivity index (χ1) is 8.54. The van der Waals surface area contributed by atoms with Crippen LogP contribution in [0.4, 0.5) is 0 Å². The van der Waals surface area contributed by atoms with E-state index in [4.69, 9.17) is 9.47 Å². The number of esters is 1. The zero-order valence-corrected chi connectivity index (χ0v) is 10.6. The molecule has 1 rings (SSSR count). The summed E-state index contributed by atoms with van der Waals surface area (Å²) in [4.78, 5) is 22.5. The third kappa shape index (κ3) is 4.05. The molecule has 0 atom stereocenters. The molecular formula is C14H16O4. The minimum atomic E-state index is -0.472. The standard InChI is InChI=1S/C14H16O4/c1-4-17-14(16)10(2)9-18-13-7-5-6-12(8-13)11(3)15/h5-8H,2,4,9H2,1,3H3. The zero-order valence-electron chi connectivity index (χ0n) is 10.6. The van der Waals surface area contributed by atoms with Crippen molar-refractivity contribution in [3.05, 3.63) is 42.0 Å². The highest BCUT2D eigenvalue weighted by Crippen LogP contribution is 2.14. The SMILES string of the molecule is C=C(COc1cccc(C(C)=O)c1)C(=O)OCC. The van der Waals surface area contributed by atoms with Crippen LogP contribution in [0.2, 0.25) is 0 Å². The normalized spacial score (nSPS) is 9.67. The summed E-state index contributed by atoms with van der Waals surface area (Å²) in [5.41, 5.74) is 0.805. The first-order valence-corrected chi connectivity index (χ1v) is 5.63. The van der Waals surface area contributed by atoms with Gasteiger partial charge in [0.25, 0.3) is 0 Å². The van der Waals surface area contributed by atoms with Crippen LogP contribution >= 0.6 is 0 Å². The molecule has 0 radical (unpaired) electrons. The first kappa shape index (κ1) is 14.0. The number of ketones is 1. The Morgan fingerprint density at radius 3 is 2.67 bits per heavy atom. The molecule has 0 fully saturated rings. The molecule has 18 heavy (non-hydrogen) atoms. The summed E-state index contributed by atoms with van der Waals surface area (Å²) >= 11 is 0. The van der Waals surface area contributed by atoms with Gasteiger partial charge in [0.15, 0.2) is 5.78 Å². The molecule has 1 aromatic rings. The van der Waals surface area contributed by atoms with Crippen molar-refractivity contribution >= 4 is 11.8 Å². The van der Waals surface area contributed by atoms with Crippen LogP contribution in [-0.2, 0) is 9.53 Å². The fourth-order valence-corrected chi connectivity index (χ4v) is 1.27. The maximum atomic E-state index is 11.3. The Kier molecular flexibility index (Phi) is 5.11. The first-order valence-electron chi connectivity index (χ1n) is 5.63. The van der Waals surface area contributed by atoms with Crippen molar-refractivity contribution in [3.8, 4) is 5.75 Å². The lowest BCUT2D eigenvalue weighted by Crippen LogP contribution is -2.13. The monoisotopic (exact) mass is 248 g/mol. The van der Waals surface area contributed by atoms with Crippen LogP contribution < -0.4 is 4.74 Å². The summed E-state index contributed by atoms with van der Waals surface area (Å²) in [7, 11) is 0. The second-order valence-electron chi connectivity index (χ2n) is 3.70. The molecule has 0 saturated carbocycles. The molecule has 4 heteroatoms. The molecule has 0 aliphatic heterocycles. The predicted molar refractivity (Wildman–Crippen MR) is 67.7 cm³/mol. The van der Waals surface area contributed by atoms with E-state index in [0.29, 0.717) is 17.9 Å². The van der Waals surface area contributed by atoms with Gasteiger partial charge < -0.3 is 9.47 Å². The zero-order chi connectivity index (χ0) is 13.5. The predicted octanol–water partition coefficient (Wildman–Crippen LogP) is 2.39. The smallest absolute Gasteiger partial charge is 0.336 e. The fraction of sp³-hybridized carbons (Fsp3) is 0.286. The molecule has 4 nitrogen and oxygen atoms in total. The van der Waals surface area contributed by atoms with Gasteiger partial charge in [-0.3, -0.25) is 4.79 Å². The molecular weight excluding hydrogens is 232 g/mol. The summed E-state index contributed by atoms with van der Waals surface area (Å²) in [5, 5.41) is 0. The van der Waals surface area contributed by atoms with Crippen molar-refractivity contribution in [2.75, 3.05) is 13.2 Å². The summed E-state index contributed by atoms with van der Waals surface area (Å²) < 4.78 is 10.2. The molecule has 0 spiro atoms. The largest absolute Gasteiger partial charge is 0.489 e. The van der Waals surface area contributed by atoms with Gasteiger partial charge in [-0.1, -0.05) is 18.7 Å². The van der Waals surface area contributed by atoms with Crippen molar-refractivity contribution < 1.29 is 19.1 Å². The van der Waals surface area contributed by atoms with E-state index < -0.39 is 5.97 Å². The number of benzene rings is 1. The molecule has 0 aromatic heterocycles. The van der Waals surface area contributed by atoms with Crippen LogP contribution in [0, 0.1) is 0 Å². The molecule has 0 unspecified atom stereocenters. The summed E-state index contributed by atoms with van der Waals surface area (Å²) in [5.74, 6) is 0.0121. The van der Waals surface area contributed by atoms with Crippen molar-refractivity contribution in [1.29, 1.82) is 0 Å². The van der Waals surface area contributed by atoms with E-state index in [1.165, 1.54) is 6.92 Å². The highest BCUT2D eigenvalue weighted by molar-refractivity contribution is 5.94. The van der Waals surface area contributed by atoms with Gasteiger partial charge in [-0.15, -0.1) is 0 Å². The quantitative estimate of drug-likeness (QED) is 0.440. The molecule has 0 N–H and O–H groups in total. The summed E-state index contributed by atoms with van der Waals surface area (Å²) in [6, 6.07) is 6.76. The number of carbonyl (C=O) groups is 2. The van der Waals surface area contributed by atoms with Gasteiger partial charge in [-0.05, 0) is 26.0 Å². The van der Waals surface area contributed by atoms with Gasteiger partial charge >= 0.3 is 5.97 Å². The van der Waals surface area contributed by atoms with Crippen LogP contribution in [0.25, 0.3) is 0 Å². The van der Waals surface area contributed by atoms with E-state index in [1.807, 2.05) is 0 Å². The van der Waals surface area contributed by atoms with Gasteiger partial charge in [-0.25, -0.2) is 4.79 Å². The maximum absolute atomic E-state index is 11.3. The molecule has 0 bridgehead atoms. The second-order valence-corrected chi connectivity index (χ2v) is 3.70. The molecule has 0 heterocycles. The van der Waals surface area contributed by atoms with Gasteiger partial charge in [0.05, 0.1) is 12.2 Å². The molecule has 0 aliphatic carbocycles. The number of carbonyl (C=O) groups excluding carboxylic acids is 2. The van der Waals surface area contributed by atoms with E-state index in [-0.39, 0.29) is 18.0 Å². The van der Waals surface area contributed by atoms with E-state index in [9.17, 15) is 9.59 Å². The topological polar surface area (TPSA) is 52.6 Å². The van der Waals surface area contributed by atoms with Crippen molar-refractivity contribution in [3.63, 3.8) is 0 Å². The lowest BCUT2D eigenvalue weighted by atomic mass is 10.1. The third-order valence-electron chi connectivity index (χ3n) is 2.22. The minimum absolute atomic E-state index is 0.0373. The number of hydrogen-bond donors (Lipinski definition) is 0. The van der Waals surface area contributed by atoms with E-state index in [1.54, 1.807) is 31.2 Å². The molecule has 1 aromatic carbocycles. The Morgan fingerprint density at radius 1 is 1.33 bits per heavy atom. The molecule has 96 valence electrons. The Morgan fingerprint density at radius 2 is 2.06 bits per heavy atom. The van der Waals surface area contributed by atoms with Crippen molar-refractivity contribution in [1.82, 2.24) is 0 Å². The van der Waals surface area contributed by atoms with Gasteiger partial charge in [-0.2, -0.15) is 0 Å². The second kappa shape index (κ2) is 6.59. The van der Waals surface area contributed by atoms with Crippen LogP contribution in [0.5, 0.6) is 5.75 Å². The number of Topliss-reactive ketones (excluding diaryl/α,β-unsaturated/α-hetero) is 1. The summed E-state index contributed by atoms with van der Waals surface area (Å²) in [6.45, 7) is 7.13. The van der Waals surface area contributed by atoms with Crippen molar-refractivity contribution in [2.45, 2.75) is 13.8 Å². The van der Waals surface area contributed by atoms with Gasteiger partial charge in [0, 0.05) is 5.56 Å². The van der Waals surface area contributed by atoms with Crippen molar-refractivity contribution in [2.24, 2.45) is 0 Å². The number of hydrogen-bond acceptors (Lipinski definition) is 4. The van der Waals surface area contributed by atoms with E-state index >= 15 is 0 Å². The maximum Gasteiger partial charge on any atom is 0.336 e. The lowest BCUT2D eigenvalue weighted by molar-refractivity contribution is -0.138. The Balaban J connectivity index is 2.58. The van der Waals surface area contributed by atoms with Gasteiger partial charge in [0.2, 0.25) is 0 Å². The fourth-order valence-electron chi connectivity index (χ4n) is 1.27. The number of ether oxygens (including phenoxy) is 2. The van der Waals surface area contributed by atoms with Gasteiger partial charge in [0.1, 0.15) is 12.4 Å². The lowest BCUT2D eigenvalue weighted by Gasteiger charge is -2.08. The highest BCUT2D eigenvalue weighted by atomic mass is 16.5. The van der Waals surface area contributed by atoms with Crippen LogP contribution in [0.3, 0.4) is 0 Å². The average Bonchev–Trinajstić information content (AvgIpc) is 2.36.